The van der Waals surface area contributed by atoms with E-state index in [1.54, 1.807) is 4.90 Å². The van der Waals surface area contributed by atoms with Gasteiger partial charge in [-0.15, -0.1) is 0 Å². The average Bonchev–Trinajstić information content (AvgIpc) is 3.50. The van der Waals surface area contributed by atoms with Crippen molar-refractivity contribution in [2.75, 3.05) is 29.9 Å². The van der Waals surface area contributed by atoms with Crippen LogP contribution >= 0.6 is 0 Å². The number of hydrogen-bond acceptors (Lipinski definition) is 2. The Morgan fingerprint density at radius 1 is 1.10 bits per heavy atom. The molecule has 2 aromatic rings. The van der Waals surface area contributed by atoms with Crippen molar-refractivity contribution in [1.82, 2.24) is 4.90 Å². The minimum Gasteiger partial charge on any atom is -0.305 e. The zero-order chi connectivity index (χ0) is 20.2. The number of nitrogens with one attached hydrogen (secondary N) is 1. The summed E-state index contributed by atoms with van der Waals surface area (Å²) >= 11 is 0. The molecule has 152 valence electrons. The minimum atomic E-state index is -0.769. The van der Waals surface area contributed by atoms with Crippen molar-refractivity contribution in [3.8, 4) is 0 Å². The topological polar surface area (TPSA) is 35.6 Å². The Balaban J connectivity index is 1.42. The van der Waals surface area contributed by atoms with Crippen molar-refractivity contribution in [1.29, 1.82) is 0 Å². The molecular weight excluding hydrogens is 372 g/mol. The average molecular weight is 397 g/mol. The number of carbonyl (C=O) groups excluding carboxylic acids is 1. The van der Waals surface area contributed by atoms with Crippen LogP contribution < -0.4 is 10.2 Å². The second kappa shape index (κ2) is 6.80. The Kier molecular flexibility index (Phi) is 4.35. The number of carbonyl (C=O) groups is 1. The Bertz CT molecular complexity index is 965. The van der Waals surface area contributed by atoms with E-state index in [2.05, 4.69) is 23.2 Å². The van der Waals surface area contributed by atoms with Crippen LogP contribution in [0.3, 0.4) is 0 Å². The fourth-order valence-electron chi connectivity index (χ4n) is 4.92. The maximum atomic E-state index is 14.0. The van der Waals surface area contributed by atoms with Gasteiger partial charge in [0, 0.05) is 29.8 Å². The summed E-state index contributed by atoms with van der Waals surface area (Å²) < 4.78 is 27.2. The molecule has 2 heterocycles. The molecule has 3 aliphatic rings. The first-order valence-corrected chi connectivity index (χ1v) is 10.3. The molecule has 0 aromatic heterocycles. The summed E-state index contributed by atoms with van der Waals surface area (Å²) in [5.74, 6) is -1.43. The van der Waals surface area contributed by atoms with Gasteiger partial charge < -0.3 is 10.2 Å². The first-order chi connectivity index (χ1) is 13.9. The maximum absolute atomic E-state index is 14.0. The van der Waals surface area contributed by atoms with E-state index in [9.17, 15) is 13.6 Å². The predicted molar refractivity (Wildman–Crippen MR) is 109 cm³/mol. The van der Waals surface area contributed by atoms with Gasteiger partial charge in [-0.25, -0.2) is 13.6 Å². The number of urea groups is 1. The van der Waals surface area contributed by atoms with E-state index < -0.39 is 11.6 Å². The fourth-order valence-corrected chi connectivity index (χ4v) is 4.92. The molecule has 2 fully saturated rings. The highest BCUT2D eigenvalue weighted by Gasteiger charge is 2.47. The lowest BCUT2D eigenvalue weighted by Crippen LogP contribution is -2.47. The number of aryl methyl sites for hydroxylation is 1. The van der Waals surface area contributed by atoms with Crippen molar-refractivity contribution in [3.63, 3.8) is 0 Å². The molecule has 4 nitrogen and oxygen atoms in total. The molecular formula is C23H25F2N3O. The van der Waals surface area contributed by atoms with Gasteiger partial charge in [0.25, 0.3) is 0 Å². The van der Waals surface area contributed by atoms with E-state index in [0.29, 0.717) is 6.54 Å². The zero-order valence-electron chi connectivity index (χ0n) is 16.5. The molecule has 6 heteroatoms. The number of halogens is 2. The van der Waals surface area contributed by atoms with Crippen molar-refractivity contribution >= 4 is 17.4 Å². The van der Waals surface area contributed by atoms with Gasteiger partial charge in [0.2, 0.25) is 0 Å². The smallest absolute Gasteiger partial charge is 0.305 e. The molecule has 2 aliphatic heterocycles. The van der Waals surface area contributed by atoms with Crippen molar-refractivity contribution in [2.24, 2.45) is 0 Å². The number of hydrogen-bond donors (Lipinski definition) is 1. The lowest BCUT2D eigenvalue weighted by atomic mass is 9.74. The highest BCUT2D eigenvalue weighted by molar-refractivity contribution is 6.03. The van der Waals surface area contributed by atoms with Gasteiger partial charge >= 0.3 is 6.03 Å². The van der Waals surface area contributed by atoms with Gasteiger partial charge in [0.1, 0.15) is 11.6 Å². The molecule has 0 radical (unpaired) electrons. The largest absolute Gasteiger partial charge is 0.326 e. The van der Waals surface area contributed by atoms with Crippen LogP contribution in [0, 0.1) is 18.6 Å². The number of likely N-dealkylation sites (tertiary alicyclic amines) is 1. The Morgan fingerprint density at radius 2 is 1.86 bits per heavy atom. The number of fused-ring (bicyclic) bond motifs is 2. The molecule has 2 aromatic carbocycles. The molecule has 29 heavy (non-hydrogen) atoms. The highest BCUT2D eigenvalue weighted by atomic mass is 19.1. The first-order valence-electron chi connectivity index (χ1n) is 10.3. The van der Waals surface area contributed by atoms with Crippen LogP contribution in [0.5, 0.6) is 0 Å². The van der Waals surface area contributed by atoms with Crippen LogP contribution in [0.1, 0.15) is 36.8 Å². The van der Waals surface area contributed by atoms with E-state index in [4.69, 9.17) is 0 Å². The van der Waals surface area contributed by atoms with Crippen LogP contribution in [-0.4, -0.2) is 36.6 Å². The van der Waals surface area contributed by atoms with Crippen LogP contribution in [0.4, 0.5) is 25.0 Å². The number of nitrogens with zero attached hydrogens (tertiary/aromatic N) is 2. The van der Waals surface area contributed by atoms with E-state index in [1.807, 2.05) is 12.1 Å². The molecule has 0 unspecified atom stereocenters. The Morgan fingerprint density at radius 3 is 2.55 bits per heavy atom. The summed E-state index contributed by atoms with van der Waals surface area (Å²) in [6.45, 7) is 4.78. The SMILES string of the molecule is Cc1ccc2c(c1)C1(CCN(C3CC3)CC1)CN2C(=O)Nc1ccc(F)cc1F. The molecule has 1 aliphatic carbocycles. The minimum absolute atomic E-state index is 0.00503. The maximum Gasteiger partial charge on any atom is 0.326 e. The fraction of sp³-hybridized carbons (Fsp3) is 0.435. The molecule has 1 N–H and O–H groups in total. The van der Waals surface area contributed by atoms with Crippen LogP contribution in [-0.2, 0) is 5.41 Å². The lowest BCUT2D eigenvalue weighted by Gasteiger charge is -2.40. The summed E-state index contributed by atoms with van der Waals surface area (Å²) in [5, 5.41) is 2.63. The highest BCUT2D eigenvalue weighted by Crippen LogP contribution is 2.48. The third-order valence-electron chi connectivity index (χ3n) is 6.71. The van der Waals surface area contributed by atoms with Crippen molar-refractivity contribution in [3.05, 3.63) is 59.2 Å². The quantitative estimate of drug-likeness (QED) is 0.789. The van der Waals surface area contributed by atoms with Crippen LogP contribution in [0.2, 0.25) is 0 Å². The van der Waals surface area contributed by atoms with Gasteiger partial charge in [-0.05, 0) is 69.5 Å². The monoisotopic (exact) mass is 397 g/mol. The van der Waals surface area contributed by atoms with Crippen LogP contribution in [0.15, 0.2) is 36.4 Å². The van der Waals surface area contributed by atoms with Gasteiger partial charge in [-0.3, -0.25) is 4.90 Å². The standard InChI is InChI=1S/C23H25F2N3O/c1-15-2-7-21-18(12-15)23(8-10-27(11-9-23)17-4-5-17)14-28(21)22(29)26-20-6-3-16(24)13-19(20)25/h2-3,6-7,12-13,17H,4-5,8-11,14H2,1H3,(H,26,29). The molecule has 0 atom stereocenters. The second-order valence-corrected chi connectivity index (χ2v) is 8.71. The van der Waals surface area contributed by atoms with Gasteiger partial charge in [0.15, 0.2) is 0 Å². The molecule has 1 saturated carbocycles. The molecule has 2 amide bonds. The van der Waals surface area contributed by atoms with Gasteiger partial charge in [-0.1, -0.05) is 17.7 Å². The third-order valence-corrected chi connectivity index (χ3v) is 6.71. The first kappa shape index (κ1) is 18.6. The van der Waals surface area contributed by atoms with Crippen LogP contribution in [0.25, 0.3) is 0 Å². The third kappa shape index (κ3) is 3.29. The predicted octanol–water partition coefficient (Wildman–Crippen LogP) is 4.82. The molecule has 5 rings (SSSR count). The van der Waals surface area contributed by atoms with E-state index >= 15 is 0 Å². The summed E-state index contributed by atoms with van der Waals surface area (Å²) in [5.41, 5.74) is 3.25. The van der Waals surface area contributed by atoms with Crippen molar-refractivity contribution in [2.45, 2.75) is 44.1 Å². The summed E-state index contributed by atoms with van der Waals surface area (Å²) in [6, 6.07) is 9.78. The van der Waals surface area contributed by atoms with E-state index in [1.165, 1.54) is 30.0 Å². The molecule has 1 spiro atoms. The number of piperidine rings is 1. The molecule has 1 saturated heterocycles. The van der Waals surface area contributed by atoms with Crippen molar-refractivity contribution < 1.29 is 13.6 Å². The van der Waals surface area contributed by atoms with Gasteiger partial charge in [0.05, 0.1) is 5.69 Å². The zero-order valence-corrected chi connectivity index (χ0v) is 16.5. The summed E-state index contributed by atoms with van der Waals surface area (Å²) in [6.07, 6.45) is 4.66. The Hall–Kier alpha value is -2.47. The second-order valence-electron chi connectivity index (χ2n) is 8.71. The number of amides is 2. The number of benzene rings is 2. The Labute approximate surface area is 169 Å². The molecule has 0 bridgehead atoms. The number of anilines is 2. The number of rotatable bonds is 2. The van der Waals surface area contributed by atoms with E-state index in [-0.39, 0.29) is 17.1 Å². The van der Waals surface area contributed by atoms with Gasteiger partial charge in [-0.2, -0.15) is 0 Å². The summed E-state index contributed by atoms with van der Waals surface area (Å²) in [7, 11) is 0. The summed E-state index contributed by atoms with van der Waals surface area (Å²) in [4.78, 5) is 17.4. The van der Waals surface area contributed by atoms with E-state index in [0.717, 1.165) is 49.8 Å². The lowest BCUT2D eigenvalue weighted by molar-refractivity contribution is 0.159. The normalized spacial score (nSPS) is 20.7.